The lowest BCUT2D eigenvalue weighted by Crippen LogP contribution is -2.30. The van der Waals surface area contributed by atoms with Crippen molar-refractivity contribution in [3.05, 3.63) is 48.5 Å². The number of carbonyl (C=O) groups excluding carboxylic acids is 2. The fourth-order valence-corrected chi connectivity index (χ4v) is 6.78. The first kappa shape index (κ1) is 31.4. The molecule has 0 spiro atoms. The molecule has 2 amide bonds. The van der Waals surface area contributed by atoms with E-state index in [1.54, 1.807) is 52.0 Å². The van der Waals surface area contributed by atoms with E-state index in [-0.39, 0.29) is 34.4 Å². The lowest BCUT2D eigenvalue weighted by Gasteiger charge is -2.18. The maximum Gasteiger partial charge on any atom is 0.243 e. The molecule has 0 atom stereocenters. The molecule has 210 valence electrons. The van der Waals surface area contributed by atoms with E-state index in [1.807, 2.05) is 0 Å². The number of anilines is 2. The van der Waals surface area contributed by atoms with Gasteiger partial charge < -0.3 is 10.6 Å². The van der Waals surface area contributed by atoms with E-state index >= 15 is 0 Å². The second kappa shape index (κ2) is 14.4. The molecule has 0 heterocycles. The molecular formula is C26H38N4O6S2. The van der Waals surface area contributed by atoms with Gasteiger partial charge in [0.2, 0.25) is 31.9 Å². The number of hydrogen-bond acceptors (Lipinski definition) is 6. The van der Waals surface area contributed by atoms with Crippen LogP contribution < -0.4 is 10.6 Å². The Balaban J connectivity index is 1.78. The minimum Gasteiger partial charge on any atom is -0.326 e. The highest BCUT2D eigenvalue weighted by molar-refractivity contribution is 7.89. The van der Waals surface area contributed by atoms with Crippen LogP contribution in [-0.2, 0) is 29.6 Å². The number of carbonyl (C=O) groups is 2. The van der Waals surface area contributed by atoms with E-state index in [4.69, 9.17) is 0 Å². The van der Waals surface area contributed by atoms with Crippen LogP contribution in [0.25, 0.3) is 0 Å². The molecule has 2 aromatic rings. The monoisotopic (exact) mass is 566 g/mol. The first-order valence-electron chi connectivity index (χ1n) is 12.8. The Hall–Kier alpha value is -2.80. The maximum atomic E-state index is 12.6. The van der Waals surface area contributed by atoms with Crippen LogP contribution in [0.4, 0.5) is 11.4 Å². The van der Waals surface area contributed by atoms with Crippen LogP contribution in [0.1, 0.15) is 53.4 Å². The molecule has 10 nitrogen and oxygen atoms in total. The molecule has 0 bridgehead atoms. The number of nitrogens with one attached hydrogen (secondary N) is 2. The average Bonchev–Trinajstić information content (AvgIpc) is 2.88. The summed E-state index contributed by atoms with van der Waals surface area (Å²) in [5, 5.41) is 5.48. The van der Waals surface area contributed by atoms with Crippen LogP contribution in [0, 0.1) is 0 Å². The van der Waals surface area contributed by atoms with Gasteiger partial charge in [-0.1, -0.05) is 27.7 Å². The van der Waals surface area contributed by atoms with E-state index in [1.165, 1.54) is 32.9 Å². The summed E-state index contributed by atoms with van der Waals surface area (Å²) in [6.45, 7) is 8.62. The van der Waals surface area contributed by atoms with E-state index in [0.717, 1.165) is 0 Å². The zero-order chi connectivity index (χ0) is 28.3. The largest absolute Gasteiger partial charge is 0.326 e. The molecule has 2 N–H and O–H groups in total. The minimum absolute atomic E-state index is 0.172. The second-order valence-corrected chi connectivity index (χ2v) is 12.4. The first-order valence-corrected chi connectivity index (χ1v) is 15.7. The summed E-state index contributed by atoms with van der Waals surface area (Å²) in [7, 11) is -7.11. The SMILES string of the molecule is CCN(CC)S(=O)(=O)c1ccc(NC(=O)CCCCC(=O)Nc2ccc(S(=O)(=O)N(CC)CC)cc2)cc1. The Morgan fingerprint density at radius 1 is 0.579 bits per heavy atom. The van der Waals surface area contributed by atoms with Crippen LogP contribution in [0.15, 0.2) is 58.3 Å². The molecule has 0 unspecified atom stereocenters. The Kier molecular flexibility index (Phi) is 11.9. The smallest absolute Gasteiger partial charge is 0.243 e. The highest BCUT2D eigenvalue weighted by atomic mass is 32.2. The topological polar surface area (TPSA) is 133 Å². The summed E-state index contributed by atoms with van der Waals surface area (Å²) < 4.78 is 52.9. The zero-order valence-electron chi connectivity index (χ0n) is 22.4. The minimum atomic E-state index is -3.56. The second-order valence-electron chi connectivity index (χ2n) is 8.53. The fourth-order valence-electron chi connectivity index (χ4n) is 3.86. The third-order valence-electron chi connectivity index (χ3n) is 6.02. The predicted octanol–water partition coefficient (Wildman–Crippen LogP) is 3.89. The molecule has 0 aromatic heterocycles. The summed E-state index contributed by atoms with van der Waals surface area (Å²) >= 11 is 0. The summed E-state index contributed by atoms with van der Waals surface area (Å²) in [5.41, 5.74) is 0.996. The van der Waals surface area contributed by atoms with E-state index in [2.05, 4.69) is 10.6 Å². The fraction of sp³-hybridized carbons (Fsp3) is 0.462. The van der Waals surface area contributed by atoms with Crippen LogP contribution in [0.5, 0.6) is 0 Å². The zero-order valence-corrected chi connectivity index (χ0v) is 24.1. The highest BCUT2D eigenvalue weighted by Crippen LogP contribution is 2.20. The van der Waals surface area contributed by atoms with Crippen molar-refractivity contribution in [3.8, 4) is 0 Å². The number of benzene rings is 2. The van der Waals surface area contributed by atoms with Gasteiger partial charge in [0.05, 0.1) is 9.79 Å². The van der Waals surface area contributed by atoms with Crippen molar-refractivity contribution in [1.82, 2.24) is 8.61 Å². The standard InChI is InChI=1S/C26H38N4O6S2/c1-5-29(6-2)37(33,34)23-17-13-21(14-18-23)27-25(31)11-9-10-12-26(32)28-22-15-19-24(20-16-22)38(35,36)30(7-3)8-4/h13-20H,5-12H2,1-4H3,(H,27,31)(H,28,32). The summed E-state index contributed by atoms with van der Waals surface area (Å²) in [4.78, 5) is 24.8. The van der Waals surface area contributed by atoms with Gasteiger partial charge in [-0.05, 0) is 61.4 Å². The Labute approximate surface area is 226 Å². The van der Waals surface area contributed by atoms with Gasteiger partial charge in [0.15, 0.2) is 0 Å². The molecule has 0 saturated carbocycles. The molecule has 2 rings (SSSR count). The molecule has 0 radical (unpaired) electrons. The van der Waals surface area contributed by atoms with Crippen LogP contribution in [0.3, 0.4) is 0 Å². The molecule has 12 heteroatoms. The first-order chi connectivity index (χ1) is 18.0. The Morgan fingerprint density at radius 3 is 1.13 bits per heavy atom. The molecule has 0 saturated heterocycles. The molecular weight excluding hydrogens is 528 g/mol. The van der Waals surface area contributed by atoms with Gasteiger partial charge in [0.25, 0.3) is 0 Å². The Bertz CT molecular complexity index is 1170. The van der Waals surface area contributed by atoms with Crippen LogP contribution in [0.2, 0.25) is 0 Å². The predicted molar refractivity (Wildman–Crippen MR) is 149 cm³/mol. The van der Waals surface area contributed by atoms with Gasteiger partial charge in [0.1, 0.15) is 0 Å². The number of sulfonamides is 2. The van der Waals surface area contributed by atoms with Crippen molar-refractivity contribution < 1.29 is 26.4 Å². The third-order valence-corrected chi connectivity index (χ3v) is 10.1. The molecule has 0 aliphatic carbocycles. The number of unbranched alkanes of at least 4 members (excludes halogenated alkanes) is 1. The number of nitrogens with zero attached hydrogens (tertiary/aromatic N) is 2. The van der Waals surface area contributed by atoms with Gasteiger partial charge >= 0.3 is 0 Å². The molecule has 38 heavy (non-hydrogen) atoms. The van der Waals surface area contributed by atoms with Gasteiger partial charge in [-0.15, -0.1) is 0 Å². The highest BCUT2D eigenvalue weighted by Gasteiger charge is 2.22. The number of rotatable bonds is 15. The molecule has 2 aromatic carbocycles. The average molecular weight is 567 g/mol. The van der Waals surface area contributed by atoms with Gasteiger partial charge in [-0.2, -0.15) is 8.61 Å². The van der Waals surface area contributed by atoms with Gasteiger partial charge in [-0.25, -0.2) is 16.8 Å². The van der Waals surface area contributed by atoms with Crippen molar-refractivity contribution >= 4 is 43.2 Å². The van der Waals surface area contributed by atoms with Crippen LogP contribution in [-0.4, -0.2) is 63.4 Å². The lowest BCUT2D eigenvalue weighted by molar-refractivity contribution is -0.118. The third kappa shape index (κ3) is 8.35. The maximum absolute atomic E-state index is 12.6. The lowest BCUT2D eigenvalue weighted by atomic mass is 10.1. The molecule has 0 aliphatic heterocycles. The van der Waals surface area contributed by atoms with Crippen molar-refractivity contribution in [2.45, 2.75) is 63.2 Å². The quantitative estimate of drug-likeness (QED) is 0.314. The van der Waals surface area contributed by atoms with Crippen molar-refractivity contribution in [2.75, 3.05) is 36.8 Å². The summed E-state index contributed by atoms with van der Waals surface area (Å²) in [5.74, 6) is -0.454. The van der Waals surface area contributed by atoms with E-state index < -0.39 is 20.0 Å². The normalized spacial score (nSPS) is 12.1. The van der Waals surface area contributed by atoms with Gasteiger partial charge in [0, 0.05) is 50.4 Å². The van der Waals surface area contributed by atoms with E-state index in [0.29, 0.717) is 50.4 Å². The van der Waals surface area contributed by atoms with Crippen LogP contribution >= 0.6 is 0 Å². The molecule has 0 fully saturated rings. The van der Waals surface area contributed by atoms with Gasteiger partial charge in [-0.3, -0.25) is 9.59 Å². The number of amides is 2. The van der Waals surface area contributed by atoms with Crippen molar-refractivity contribution in [3.63, 3.8) is 0 Å². The van der Waals surface area contributed by atoms with E-state index in [9.17, 15) is 26.4 Å². The van der Waals surface area contributed by atoms with Crippen molar-refractivity contribution in [1.29, 1.82) is 0 Å². The Morgan fingerprint density at radius 2 is 0.868 bits per heavy atom. The van der Waals surface area contributed by atoms with Crippen molar-refractivity contribution in [2.24, 2.45) is 0 Å². The summed E-state index contributed by atoms with van der Waals surface area (Å²) in [6.07, 6.45) is 1.42. The molecule has 0 aliphatic rings. The number of hydrogen-bond donors (Lipinski definition) is 2. The summed E-state index contributed by atoms with van der Waals surface area (Å²) in [6, 6.07) is 12.1.